The van der Waals surface area contributed by atoms with Gasteiger partial charge in [-0.1, -0.05) is 53.7 Å². The maximum absolute atomic E-state index is 9.56. The Bertz CT molecular complexity index is 980. The van der Waals surface area contributed by atoms with Crippen LogP contribution < -0.4 is 0 Å². The predicted molar refractivity (Wildman–Crippen MR) is 105 cm³/mol. The van der Waals surface area contributed by atoms with E-state index in [1.165, 1.54) is 4.90 Å². The fraction of sp³-hybridized carbons (Fsp3) is 0.0455. The molecule has 0 bridgehead atoms. The van der Waals surface area contributed by atoms with E-state index in [1.54, 1.807) is 23.9 Å². The largest absolute Gasteiger partial charge is 0.508 e. The number of aromatic nitrogens is 1. The second-order valence-corrected chi connectivity index (χ2v) is 6.90. The molecule has 0 atom stereocenters. The zero-order chi connectivity index (χ0) is 17.8. The Labute approximate surface area is 156 Å². The van der Waals surface area contributed by atoms with Crippen LogP contribution in [0.5, 0.6) is 5.75 Å². The summed E-state index contributed by atoms with van der Waals surface area (Å²) in [6, 6.07) is 27.4. The van der Waals surface area contributed by atoms with Crippen molar-refractivity contribution in [2.75, 3.05) is 0 Å². The lowest BCUT2D eigenvalue weighted by Crippen LogP contribution is -1.88. The number of hydrogen-bond donors (Lipinski definition) is 1. The zero-order valence-corrected chi connectivity index (χ0v) is 14.8. The molecule has 26 heavy (non-hydrogen) atoms. The van der Waals surface area contributed by atoms with Crippen LogP contribution in [0.25, 0.3) is 22.6 Å². The minimum atomic E-state index is 0.233. The van der Waals surface area contributed by atoms with E-state index in [0.29, 0.717) is 0 Å². The van der Waals surface area contributed by atoms with E-state index >= 15 is 0 Å². The predicted octanol–water partition coefficient (Wildman–Crippen LogP) is 6.01. The Morgan fingerprint density at radius 2 is 1.42 bits per heavy atom. The van der Waals surface area contributed by atoms with Gasteiger partial charge in [-0.2, -0.15) is 0 Å². The molecule has 0 aliphatic rings. The minimum Gasteiger partial charge on any atom is -0.508 e. The quantitative estimate of drug-likeness (QED) is 0.444. The number of aromatic hydroxyl groups is 1. The van der Waals surface area contributed by atoms with Gasteiger partial charge in [0.15, 0.2) is 5.76 Å². The van der Waals surface area contributed by atoms with E-state index in [2.05, 4.69) is 17.3 Å². The Morgan fingerprint density at radius 3 is 2.12 bits per heavy atom. The van der Waals surface area contributed by atoms with Crippen LogP contribution in [0.4, 0.5) is 0 Å². The first-order valence-corrected chi connectivity index (χ1v) is 9.31. The summed E-state index contributed by atoms with van der Waals surface area (Å²) < 4.78 is 5.72. The smallest absolute Gasteiger partial charge is 0.171 e. The number of rotatable bonds is 5. The molecule has 0 saturated heterocycles. The third kappa shape index (κ3) is 3.51. The van der Waals surface area contributed by atoms with Crippen LogP contribution in [0.1, 0.15) is 5.56 Å². The summed E-state index contributed by atoms with van der Waals surface area (Å²) >= 11 is 1.75. The standard InChI is InChI=1S/C22H17NO2S/c24-18-13-11-17(12-14-18)22-20(15-26-19-9-5-2-6-10-19)21(23-25-22)16-7-3-1-4-8-16/h1-14,24H,15H2. The van der Waals surface area contributed by atoms with Crippen LogP contribution in [0.15, 0.2) is 94.3 Å². The van der Waals surface area contributed by atoms with E-state index in [-0.39, 0.29) is 5.75 Å². The highest BCUT2D eigenvalue weighted by Gasteiger charge is 2.19. The van der Waals surface area contributed by atoms with Crippen molar-refractivity contribution in [3.05, 3.63) is 90.5 Å². The molecule has 0 aliphatic carbocycles. The van der Waals surface area contributed by atoms with Gasteiger partial charge in [-0.05, 0) is 36.4 Å². The van der Waals surface area contributed by atoms with E-state index < -0.39 is 0 Å². The summed E-state index contributed by atoms with van der Waals surface area (Å²) in [4.78, 5) is 1.20. The van der Waals surface area contributed by atoms with Crippen LogP contribution in [0.3, 0.4) is 0 Å². The summed E-state index contributed by atoms with van der Waals surface area (Å²) in [5.74, 6) is 1.72. The number of phenolic OH excluding ortho intramolecular Hbond substituents is 1. The number of thioether (sulfide) groups is 1. The van der Waals surface area contributed by atoms with Gasteiger partial charge in [0.25, 0.3) is 0 Å². The summed E-state index contributed by atoms with van der Waals surface area (Å²) in [6.45, 7) is 0. The van der Waals surface area contributed by atoms with E-state index in [1.807, 2.05) is 60.7 Å². The highest BCUT2D eigenvalue weighted by atomic mass is 32.2. The molecule has 1 aromatic heterocycles. The summed E-state index contributed by atoms with van der Waals surface area (Å²) in [5.41, 5.74) is 3.85. The van der Waals surface area contributed by atoms with Crippen molar-refractivity contribution >= 4 is 11.8 Å². The second kappa shape index (κ2) is 7.50. The van der Waals surface area contributed by atoms with Gasteiger partial charge in [0.1, 0.15) is 11.4 Å². The van der Waals surface area contributed by atoms with Crippen LogP contribution in [0, 0.1) is 0 Å². The van der Waals surface area contributed by atoms with Gasteiger partial charge in [0, 0.05) is 27.3 Å². The van der Waals surface area contributed by atoms with Crippen molar-refractivity contribution in [2.24, 2.45) is 0 Å². The molecule has 0 spiro atoms. The SMILES string of the molecule is Oc1ccc(-c2onc(-c3ccccc3)c2CSc2ccccc2)cc1. The van der Waals surface area contributed by atoms with Crippen molar-refractivity contribution in [2.45, 2.75) is 10.6 Å². The van der Waals surface area contributed by atoms with E-state index in [9.17, 15) is 5.11 Å². The maximum Gasteiger partial charge on any atom is 0.171 e. The van der Waals surface area contributed by atoms with Crippen LogP contribution in [-0.2, 0) is 5.75 Å². The van der Waals surface area contributed by atoms with Gasteiger partial charge in [0.2, 0.25) is 0 Å². The fourth-order valence-electron chi connectivity index (χ4n) is 2.78. The molecule has 0 unspecified atom stereocenters. The van der Waals surface area contributed by atoms with Gasteiger partial charge >= 0.3 is 0 Å². The van der Waals surface area contributed by atoms with Crippen molar-refractivity contribution < 1.29 is 9.63 Å². The third-order valence-electron chi connectivity index (χ3n) is 4.09. The number of nitrogens with zero attached hydrogens (tertiary/aromatic N) is 1. The Morgan fingerprint density at radius 1 is 0.769 bits per heavy atom. The van der Waals surface area contributed by atoms with Gasteiger partial charge < -0.3 is 9.63 Å². The Hall–Kier alpha value is -2.98. The molecule has 0 amide bonds. The van der Waals surface area contributed by atoms with Crippen molar-refractivity contribution in [3.63, 3.8) is 0 Å². The molecule has 0 radical (unpaired) electrons. The lowest BCUT2D eigenvalue weighted by atomic mass is 10.0. The molecular weight excluding hydrogens is 342 g/mol. The first-order chi connectivity index (χ1) is 12.8. The maximum atomic E-state index is 9.56. The molecule has 4 aromatic rings. The molecule has 1 heterocycles. The fourth-order valence-corrected chi connectivity index (χ4v) is 3.71. The average Bonchev–Trinajstić information content (AvgIpc) is 3.12. The van der Waals surface area contributed by atoms with E-state index in [0.717, 1.165) is 33.9 Å². The molecule has 0 fully saturated rings. The number of phenols is 1. The highest BCUT2D eigenvalue weighted by molar-refractivity contribution is 7.98. The molecular formula is C22H17NO2S. The number of benzene rings is 3. The molecule has 4 heteroatoms. The normalized spacial score (nSPS) is 10.8. The lowest BCUT2D eigenvalue weighted by molar-refractivity contribution is 0.434. The van der Waals surface area contributed by atoms with Crippen molar-refractivity contribution in [3.8, 4) is 28.3 Å². The summed E-state index contributed by atoms with van der Waals surface area (Å²) in [7, 11) is 0. The minimum absolute atomic E-state index is 0.233. The molecule has 3 aromatic carbocycles. The second-order valence-electron chi connectivity index (χ2n) is 5.85. The monoisotopic (exact) mass is 359 g/mol. The Balaban J connectivity index is 1.74. The highest BCUT2D eigenvalue weighted by Crippen LogP contribution is 2.36. The van der Waals surface area contributed by atoms with Gasteiger partial charge in [0.05, 0.1) is 0 Å². The molecule has 0 aliphatic heterocycles. The summed E-state index contributed by atoms with van der Waals surface area (Å²) in [5, 5.41) is 13.9. The molecule has 4 rings (SSSR count). The molecule has 3 nitrogen and oxygen atoms in total. The van der Waals surface area contributed by atoms with Crippen LogP contribution >= 0.6 is 11.8 Å². The van der Waals surface area contributed by atoms with Crippen LogP contribution in [-0.4, -0.2) is 10.3 Å². The average molecular weight is 359 g/mol. The third-order valence-corrected chi connectivity index (χ3v) is 5.13. The molecule has 128 valence electrons. The summed E-state index contributed by atoms with van der Waals surface area (Å²) in [6.07, 6.45) is 0. The van der Waals surface area contributed by atoms with Gasteiger partial charge in [-0.15, -0.1) is 11.8 Å². The van der Waals surface area contributed by atoms with Gasteiger partial charge in [-0.25, -0.2) is 0 Å². The number of hydrogen-bond acceptors (Lipinski definition) is 4. The Kier molecular flexibility index (Phi) is 4.75. The topological polar surface area (TPSA) is 46.3 Å². The molecule has 0 saturated carbocycles. The molecule has 1 N–H and O–H groups in total. The van der Waals surface area contributed by atoms with E-state index in [4.69, 9.17) is 4.52 Å². The van der Waals surface area contributed by atoms with Gasteiger partial charge in [-0.3, -0.25) is 0 Å². The zero-order valence-electron chi connectivity index (χ0n) is 14.0. The van der Waals surface area contributed by atoms with Crippen LogP contribution in [0.2, 0.25) is 0 Å². The van der Waals surface area contributed by atoms with Crippen molar-refractivity contribution in [1.29, 1.82) is 0 Å². The lowest BCUT2D eigenvalue weighted by Gasteiger charge is -2.05. The first kappa shape index (κ1) is 16.5. The van der Waals surface area contributed by atoms with Crippen molar-refractivity contribution in [1.82, 2.24) is 5.16 Å². The first-order valence-electron chi connectivity index (χ1n) is 8.32.